The fraction of sp³-hybridized carbons (Fsp3) is 0.278. The van der Waals surface area contributed by atoms with Crippen LogP contribution < -0.4 is 10.6 Å². The average molecular weight is 343 g/mol. The van der Waals surface area contributed by atoms with E-state index in [1.165, 1.54) is 0 Å². The van der Waals surface area contributed by atoms with E-state index in [-0.39, 0.29) is 18.4 Å². The lowest BCUT2D eigenvalue weighted by atomic mass is 10.1. The Labute approximate surface area is 145 Å². The summed E-state index contributed by atoms with van der Waals surface area (Å²) < 4.78 is 5.02. The highest BCUT2D eigenvalue weighted by atomic mass is 16.5. The second-order valence-electron chi connectivity index (χ2n) is 5.46. The van der Waals surface area contributed by atoms with Crippen molar-refractivity contribution < 1.29 is 19.1 Å². The van der Waals surface area contributed by atoms with Gasteiger partial charge in [-0.2, -0.15) is 0 Å². The predicted octanol–water partition coefficient (Wildman–Crippen LogP) is 2.42. The summed E-state index contributed by atoms with van der Waals surface area (Å²) in [6, 6.07) is 6.51. The molecule has 2 amide bonds. The molecule has 0 aliphatic carbocycles. The molecule has 25 heavy (non-hydrogen) atoms. The summed E-state index contributed by atoms with van der Waals surface area (Å²) in [7, 11) is 1.55. The second-order valence-corrected chi connectivity index (χ2v) is 5.46. The first-order valence-electron chi connectivity index (χ1n) is 7.88. The highest BCUT2D eigenvalue weighted by molar-refractivity contribution is 6.07. The van der Waals surface area contributed by atoms with Gasteiger partial charge < -0.3 is 20.4 Å². The number of H-pyrrole nitrogens is 1. The van der Waals surface area contributed by atoms with Gasteiger partial charge in [0, 0.05) is 24.0 Å². The van der Waals surface area contributed by atoms with Gasteiger partial charge in [0.2, 0.25) is 0 Å². The Kier molecular flexibility index (Phi) is 5.59. The van der Waals surface area contributed by atoms with Gasteiger partial charge in [0.25, 0.3) is 11.8 Å². The molecule has 0 bridgehead atoms. The van der Waals surface area contributed by atoms with Gasteiger partial charge in [0.15, 0.2) is 0 Å². The fourth-order valence-electron chi connectivity index (χ4n) is 2.53. The molecule has 0 spiro atoms. The lowest BCUT2D eigenvalue weighted by molar-refractivity contribution is 0.0524. The molecule has 1 aromatic heterocycles. The van der Waals surface area contributed by atoms with Gasteiger partial charge >= 0.3 is 5.97 Å². The van der Waals surface area contributed by atoms with Gasteiger partial charge in [0.05, 0.1) is 12.2 Å². The Morgan fingerprint density at radius 2 is 1.72 bits per heavy atom. The number of esters is 1. The lowest BCUT2D eigenvalue weighted by Crippen LogP contribution is -2.18. The highest BCUT2D eigenvalue weighted by Gasteiger charge is 2.22. The number of aromatic amines is 1. The van der Waals surface area contributed by atoms with Crippen LogP contribution in [0.1, 0.15) is 49.4 Å². The number of amides is 2. The Morgan fingerprint density at radius 3 is 2.28 bits per heavy atom. The SMILES string of the molecule is CCOC(=O)c1c(C)[nH]c(C(=O)Nc2ccc(C(=O)NC)cc2)c1C. The molecule has 7 heteroatoms. The van der Waals surface area contributed by atoms with E-state index in [2.05, 4.69) is 15.6 Å². The monoisotopic (exact) mass is 343 g/mol. The van der Waals surface area contributed by atoms with E-state index in [1.54, 1.807) is 52.1 Å². The normalized spacial score (nSPS) is 10.2. The summed E-state index contributed by atoms with van der Waals surface area (Å²) in [6.45, 7) is 5.40. The van der Waals surface area contributed by atoms with Crippen molar-refractivity contribution in [3.63, 3.8) is 0 Å². The van der Waals surface area contributed by atoms with Gasteiger partial charge in [-0.3, -0.25) is 9.59 Å². The summed E-state index contributed by atoms with van der Waals surface area (Å²) in [4.78, 5) is 38.9. The molecule has 1 aromatic carbocycles. The van der Waals surface area contributed by atoms with Gasteiger partial charge in [-0.1, -0.05) is 0 Å². The van der Waals surface area contributed by atoms with E-state index in [0.29, 0.717) is 33.8 Å². The zero-order valence-corrected chi connectivity index (χ0v) is 14.6. The van der Waals surface area contributed by atoms with Crippen LogP contribution in [0.2, 0.25) is 0 Å². The quantitative estimate of drug-likeness (QED) is 0.726. The minimum atomic E-state index is -0.456. The molecule has 7 nitrogen and oxygen atoms in total. The molecule has 0 fully saturated rings. The molecular formula is C18H21N3O4. The van der Waals surface area contributed by atoms with Gasteiger partial charge in [-0.15, -0.1) is 0 Å². The third-order valence-corrected chi connectivity index (χ3v) is 3.78. The minimum absolute atomic E-state index is 0.201. The van der Waals surface area contributed by atoms with Crippen molar-refractivity contribution in [1.29, 1.82) is 0 Å². The van der Waals surface area contributed by atoms with Gasteiger partial charge in [-0.05, 0) is 50.6 Å². The van der Waals surface area contributed by atoms with Crippen LogP contribution in [0.3, 0.4) is 0 Å². The number of hydrogen-bond donors (Lipinski definition) is 3. The molecule has 132 valence electrons. The Hall–Kier alpha value is -3.09. The first kappa shape index (κ1) is 18.3. The van der Waals surface area contributed by atoms with Crippen LogP contribution in [0.4, 0.5) is 5.69 Å². The van der Waals surface area contributed by atoms with Gasteiger partial charge in [0.1, 0.15) is 5.69 Å². The van der Waals surface area contributed by atoms with Crippen molar-refractivity contribution in [2.45, 2.75) is 20.8 Å². The Bertz CT molecular complexity index is 806. The number of benzene rings is 1. The zero-order valence-electron chi connectivity index (χ0n) is 14.6. The van der Waals surface area contributed by atoms with Crippen molar-refractivity contribution in [2.24, 2.45) is 0 Å². The van der Waals surface area contributed by atoms with Crippen LogP contribution in [-0.2, 0) is 4.74 Å². The van der Waals surface area contributed by atoms with Crippen LogP contribution in [0.15, 0.2) is 24.3 Å². The van der Waals surface area contributed by atoms with E-state index in [9.17, 15) is 14.4 Å². The lowest BCUT2D eigenvalue weighted by Gasteiger charge is -2.06. The number of aromatic nitrogens is 1. The minimum Gasteiger partial charge on any atom is -0.462 e. The molecule has 0 aliphatic heterocycles. The van der Waals surface area contributed by atoms with Crippen LogP contribution in [0.25, 0.3) is 0 Å². The number of aryl methyl sites for hydroxylation is 1. The van der Waals surface area contributed by atoms with Crippen molar-refractivity contribution in [2.75, 3.05) is 19.0 Å². The summed E-state index contributed by atoms with van der Waals surface area (Å²) in [5.41, 5.74) is 2.84. The van der Waals surface area contributed by atoms with Crippen molar-refractivity contribution >= 4 is 23.5 Å². The molecule has 0 unspecified atom stereocenters. The second kappa shape index (κ2) is 7.65. The molecular weight excluding hydrogens is 322 g/mol. The largest absolute Gasteiger partial charge is 0.462 e. The van der Waals surface area contributed by atoms with E-state index in [4.69, 9.17) is 4.74 Å². The third-order valence-electron chi connectivity index (χ3n) is 3.78. The van der Waals surface area contributed by atoms with Gasteiger partial charge in [-0.25, -0.2) is 4.79 Å². The topological polar surface area (TPSA) is 100 Å². The standard InChI is InChI=1S/C18H21N3O4/c1-5-25-18(24)14-10(2)15(20-11(14)3)17(23)21-13-8-6-12(7-9-13)16(22)19-4/h6-9,20H,5H2,1-4H3,(H,19,22)(H,21,23). The molecule has 0 atom stereocenters. The first-order valence-corrected chi connectivity index (χ1v) is 7.88. The van der Waals surface area contributed by atoms with Crippen LogP contribution >= 0.6 is 0 Å². The molecule has 3 N–H and O–H groups in total. The average Bonchev–Trinajstić information content (AvgIpc) is 2.89. The van der Waals surface area contributed by atoms with Crippen molar-refractivity contribution in [1.82, 2.24) is 10.3 Å². The van der Waals surface area contributed by atoms with Crippen molar-refractivity contribution in [3.05, 3.63) is 52.3 Å². The number of carbonyl (C=O) groups is 3. The number of anilines is 1. The van der Waals surface area contributed by atoms with Crippen molar-refractivity contribution in [3.8, 4) is 0 Å². The number of rotatable bonds is 5. The zero-order chi connectivity index (χ0) is 18.6. The number of hydrogen-bond acceptors (Lipinski definition) is 4. The molecule has 1 heterocycles. The summed E-state index contributed by atoms with van der Waals surface area (Å²) in [5.74, 6) is -1.03. The van der Waals surface area contributed by atoms with E-state index < -0.39 is 5.97 Å². The third kappa shape index (κ3) is 3.88. The maximum atomic E-state index is 12.5. The Morgan fingerprint density at radius 1 is 1.08 bits per heavy atom. The van der Waals surface area contributed by atoms with E-state index in [1.807, 2.05) is 0 Å². The fourth-order valence-corrected chi connectivity index (χ4v) is 2.53. The summed E-state index contributed by atoms with van der Waals surface area (Å²) in [6.07, 6.45) is 0. The first-order chi connectivity index (χ1) is 11.9. The maximum Gasteiger partial charge on any atom is 0.340 e. The molecule has 2 rings (SSSR count). The predicted molar refractivity (Wildman–Crippen MR) is 94.0 cm³/mol. The van der Waals surface area contributed by atoms with Crippen LogP contribution in [0, 0.1) is 13.8 Å². The number of nitrogens with one attached hydrogen (secondary N) is 3. The smallest absolute Gasteiger partial charge is 0.340 e. The summed E-state index contributed by atoms with van der Waals surface area (Å²) >= 11 is 0. The Balaban J connectivity index is 2.20. The van der Waals surface area contributed by atoms with E-state index >= 15 is 0 Å². The molecule has 0 aliphatic rings. The summed E-state index contributed by atoms with van der Waals surface area (Å²) in [5, 5.41) is 5.27. The van der Waals surface area contributed by atoms with Crippen LogP contribution in [-0.4, -0.2) is 36.4 Å². The molecule has 2 aromatic rings. The molecule has 0 saturated carbocycles. The van der Waals surface area contributed by atoms with Crippen LogP contribution in [0.5, 0.6) is 0 Å². The number of ether oxygens (including phenoxy) is 1. The highest BCUT2D eigenvalue weighted by Crippen LogP contribution is 2.20. The maximum absolute atomic E-state index is 12.5. The molecule has 0 saturated heterocycles. The van der Waals surface area contributed by atoms with E-state index in [0.717, 1.165) is 0 Å². The molecule has 0 radical (unpaired) electrons. The number of carbonyl (C=O) groups excluding carboxylic acids is 3.